The van der Waals surface area contributed by atoms with Crippen LogP contribution in [0.4, 0.5) is 15.9 Å². The summed E-state index contributed by atoms with van der Waals surface area (Å²) in [4.78, 5) is 19.9. The Kier molecular flexibility index (Phi) is 4.81. The summed E-state index contributed by atoms with van der Waals surface area (Å²) in [5.41, 5.74) is 0.826. The van der Waals surface area contributed by atoms with Crippen LogP contribution in [-0.4, -0.2) is 22.4 Å². The maximum Gasteiger partial charge on any atom is 0.270 e. The van der Waals surface area contributed by atoms with Crippen molar-refractivity contribution < 1.29 is 9.18 Å². The number of nitrogens with one attached hydrogen (secondary N) is 2. The molecule has 6 heteroatoms. The minimum atomic E-state index is -0.344. The van der Waals surface area contributed by atoms with Crippen molar-refractivity contribution in [1.29, 1.82) is 0 Å². The Morgan fingerprint density at radius 2 is 2.10 bits per heavy atom. The average Bonchev–Trinajstić information content (AvgIpc) is 2.45. The van der Waals surface area contributed by atoms with Crippen molar-refractivity contribution >= 4 is 17.4 Å². The van der Waals surface area contributed by atoms with Crippen LogP contribution in [-0.2, 0) is 0 Å². The number of amides is 1. The summed E-state index contributed by atoms with van der Waals surface area (Å²) >= 11 is 0. The van der Waals surface area contributed by atoms with Crippen molar-refractivity contribution in [2.75, 3.05) is 11.9 Å². The van der Waals surface area contributed by atoms with Gasteiger partial charge in [0.05, 0.1) is 0 Å². The van der Waals surface area contributed by atoms with Gasteiger partial charge in [-0.15, -0.1) is 0 Å². The van der Waals surface area contributed by atoms with E-state index in [1.54, 1.807) is 12.1 Å². The van der Waals surface area contributed by atoms with Gasteiger partial charge in [0, 0.05) is 18.3 Å². The van der Waals surface area contributed by atoms with Gasteiger partial charge in [-0.25, -0.2) is 14.4 Å². The average molecular weight is 288 g/mol. The highest BCUT2D eigenvalue weighted by Gasteiger charge is 2.09. The van der Waals surface area contributed by atoms with Crippen molar-refractivity contribution in [3.8, 4) is 0 Å². The van der Waals surface area contributed by atoms with Crippen LogP contribution in [0.1, 0.15) is 24.3 Å². The molecule has 0 saturated heterocycles. The quantitative estimate of drug-likeness (QED) is 0.887. The van der Waals surface area contributed by atoms with Gasteiger partial charge in [-0.05, 0) is 24.1 Å². The summed E-state index contributed by atoms with van der Waals surface area (Å²) < 4.78 is 13.1. The van der Waals surface area contributed by atoms with Gasteiger partial charge < -0.3 is 10.6 Å². The van der Waals surface area contributed by atoms with Crippen molar-refractivity contribution in [2.24, 2.45) is 5.92 Å². The first-order valence-electron chi connectivity index (χ1n) is 6.67. The molecule has 0 aliphatic rings. The van der Waals surface area contributed by atoms with Gasteiger partial charge >= 0.3 is 0 Å². The predicted molar refractivity (Wildman–Crippen MR) is 78.9 cm³/mol. The molecule has 0 spiro atoms. The van der Waals surface area contributed by atoms with Crippen molar-refractivity contribution in [1.82, 2.24) is 15.3 Å². The van der Waals surface area contributed by atoms with Crippen LogP contribution in [0.25, 0.3) is 0 Å². The van der Waals surface area contributed by atoms with E-state index in [1.165, 1.54) is 24.5 Å². The molecule has 5 nitrogen and oxygen atoms in total. The smallest absolute Gasteiger partial charge is 0.270 e. The van der Waals surface area contributed by atoms with E-state index >= 15 is 0 Å². The fourth-order valence-corrected chi connectivity index (χ4v) is 1.65. The molecule has 21 heavy (non-hydrogen) atoms. The van der Waals surface area contributed by atoms with Crippen LogP contribution >= 0.6 is 0 Å². The molecule has 0 bridgehead atoms. The van der Waals surface area contributed by atoms with Gasteiger partial charge in [0.1, 0.15) is 23.7 Å². The lowest BCUT2D eigenvalue weighted by atomic mass is 10.2. The molecule has 0 aliphatic carbocycles. The highest BCUT2D eigenvalue weighted by molar-refractivity contribution is 5.92. The molecule has 2 rings (SSSR count). The van der Waals surface area contributed by atoms with E-state index in [0.29, 0.717) is 24.0 Å². The Hall–Kier alpha value is -2.50. The first-order chi connectivity index (χ1) is 10.0. The molecular weight excluding hydrogens is 271 g/mol. The van der Waals surface area contributed by atoms with Gasteiger partial charge in [-0.1, -0.05) is 19.9 Å². The van der Waals surface area contributed by atoms with E-state index in [-0.39, 0.29) is 17.4 Å². The molecule has 1 aromatic heterocycles. The molecular formula is C15H17FN4O. The second kappa shape index (κ2) is 6.78. The monoisotopic (exact) mass is 288 g/mol. The maximum absolute atomic E-state index is 13.1. The molecule has 0 atom stereocenters. The Morgan fingerprint density at radius 1 is 1.29 bits per heavy atom. The van der Waals surface area contributed by atoms with E-state index in [4.69, 9.17) is 0 Å². The molecule has 0 unspecified atom stereocenters. The Bertz CT molecular complexity index is 631. The summed E-state index contributed by atoms with van der Waals surface area (Å²) in [6.07, 6.45) is 1.30. The van der Waals surface area contributed by atoms with Crippen LogP contribution in [0.2, 0.25) is 0 Å². The Morgan fingerprint density at radius 3 is 2.81 bits per heavy atom. The first-order valence-corrected chi connectivity index (χ1v) is 6.67. The topological polar surface area (TPSA) is 66.9 Å². The van der Waals surface area contributed by atoms with E-state index in [0.717, 1.165) is 0 Å². The van der Waals surface area contributed by atoms with Crippen molar-refractivity contribution in [3.05, 3.63) is 48.2 Å². The summed E-state index contributed by atoms with van der Waals surface area (Å²) in [5, 5.41) is 5.72. The molecule has 0 radical (unpaired) electrons. The van der Waals surface area contributed by atoms with Crippen LogP contribution in [0.3, 0.4) is 0 Å². The minimum absolute atomic E-state index is 0.256. The molecule has 2 N–H and O–H groups in total. The van der Waals surface area contributed by atoms with Crippen LogP contribution in [0.5, 0.6) is 0 Å². The zero-order valence-electron chi connectivity index (χ0n) is 11.9. The second-order valence-electron chi connectivity index (χ2n) is 5.03. The highest BCUT2D eigenvalue weighted by atomic mass is 19.1. The fourth-order valence-electron chi connectivity index (χ4n) is 1.65. The predicted octanol–water partition coefficient (Wildman–Crippen LogP) is 2.75. The number of anilines is 2. The largest absolute Gasteiger partial charge is 0.350 e. The van der Waals surface area contributed by atoms with Gasteiger partial charge in [-0.2, -0.15) is 0 Å². The van der Waals surface area contributed by atoms with E-state index in [2.05, 4.69) is 20.6 Å². The van der Waals surface area contributed by atoms with E-state index in [9.17, 15) is 9.18 Å². The zero-order chi connectivity index (χ0) is 15.2. The Balaban J connectivity index is 2.08. The molecule has 2 aromatic rings. The second-order valence-corrected chi connectivity index (χ2v) is 5.03. The van der Waals surface area contributed by atoms with Gasteiger partial charge in [-0.3, -0.25) is 4.79 Å². The van der Waals surface area contributed by atoms with Gasteiger partial charge in [0.15, 0.2) is 0 Å². The van der Waals surface area contributed by atoms with E-state index < -0.39 is 0 Å². The lowest BCUT2D eigenvalue weighted by molar-refractivity contribution is 0.0944. The number of carbonyl (C=O) groups excluding carboxylic acids is 1. The maximum atomic E-state index is 13.1. The third-order valence-corrected chi connectivity index (χ3v) is 2.67. The van der Waals surface area contributed by atoms with Gasteiger partial charge in [0.25, 0.3) is 5.91 Å². The van der Waals surface area contributed by atoms with Gasteiger partial charge in [0.2, 0.25) is 0 Å². The number of nitrogens with zero attached hydrogens (tertiary/aromatic N) is 2. The number of hydrogen-bond acceptors (Lipinski definition) is 4. The summed E-state index contributed by atoms with van der Waals surface area (Å²) in [5.74, 6) is 0.198. The summed E-state index contributed by atoms with van der Waals surface area (Å²) in [7, 11) is 0. The molecule has 1 aromatic carbocycles. The van der Waals surface area contributed by atoms with Crippen LogP contribution in [0.15, 0.2) is 36.7 Å². The molecule has 0 fully saturated rings. The van der Waals surface area contributed by atoms with Crippen molar-refractivity contribution in [3.63, 3.8) is 0 Å². The summed E-state index contributed by atoms with van der Waals surface area (Å²) in [6, 6.07) is 7.54. The highest BCUT2D eigenvalue weighted by Crippen LogP contribution is 2.15. The van der Waals surface area contributed by atoms with Crippen LogP contribution < -0.4 is 10.6 Å². The Labute approximate surface area is 122 Å². The molecule has 0 aliphatic heterocycles. The minimum Gasteiger partial charge on any atom is -0.350 e. The third kappa shape index (κ3) is 4.52. The summed E-state index contributed by atoms with van der Waals surface area (Å²) in [6.45, 7) is 4.60. The fraction of sp³-hybridized carbons (Fsp3) is 0.267. The molecule has 1 amide bonds. The molecule has 1 heterocycles. The third-order valence-electron chi connectivity index (χ3n) is 2.67. The standard InChI is InChI=1S/C15H17FN4O/c1-10(2)8-17-15(21)13-7-14(19-9-18-13)20-12-5-3-4-11(16)6-12/h3-7,9-10H,8H2,1-2H3,(H,17,21)(H,18,19,20). The normalized spacial score (nSPS) is 10.5. The number of hydrogen-bond donors (Lipinski definition) is 2. The molecule has 110 valence electrons. The van der Waals surface area contributed by atoms with Crippen molar-refractivity contribution in [2.45, 2.75) is 13.8 Å². The lowest BCUT2D eigenvalue weighted by Gasteiger charge is -2.09. The van der Waals surface area contributed by atoms with E-state index in [1.807, 2.05) is 13.8 Å². The first kappa shape index (κ1) is 14.9. The number of aromatic nitrogens is 2. The zero-order valence-corrected chi connectivity index (χ0v) is 11.9. The number of benzene rings is 1. The number of halogens is 1. The van der Waals surface area contributed by atoms with Crippen LogP contribution in [0, 0.1) is 11.7 Å². The SMILES string of the molecule is CC(C)CNC(=O)c1cc(Nc2cccc(F)c2)ncn1. The molecule has 0 saturated carbocycles. The lowest BCUT2D eigenvalue weighted by Crippen LogP contribution is -2.28. The number of rotatable bonds is 5. The number of carbonyl (C=O) groups is 1.